The smallest absolute Gasteiger partial charge is 0.170 e. The largest absolute Gasteiger partial charge is 0.494 e. The highest BCUT2D eigenvalue weighted by Crippen LogP contribution is 2.26. The number of hydrogen-bond donors (Lipinski definition) is 1. The number of hydrogen-bond acceptors (Lipinski definition) is 2. The predicted molar refractivity (Wildman–Crippen MR) is 84.4 cm³/mol. The molecule has 19 heavy (non-hydrogen) atoms. The van der Waals surface area contributed by atoms with Crippen LogP contribution in [-0.4, -0.2) is 7.11 Å². The molecule has 2 aromatic carbocycles. The van der Waals surface area contributed by atoms with E-state index in [2.05, 4.69) is 27.9 Å². The van der Waals surface area contributed by atoms with Gasteiger partial charge in [-0.2, -0.15) is 0 Å². The van der Waals surface area contributed by atoms with Crippen LogP contribution in [0.4, 0.5) is 10.1 Å². The molecule has 0 radical (unpaired) electrons. The van der Waals surface area contributed by atoms with Crippen LogP contribution in [0.2, 0.25) is 5.02 Å². The molecule has 0 fully saturated rings. The van der Waals surface area contributed by atoms with Gasteiger partial charge in [0.1, 0.15) is 0 Å². The van der Waals surface area contributed by atoms with E-state index in [1.165, 1.54) is 7.11 Å². The summed E-state index contributed by atoms with van der Waals surface area (Å²) in [6, 6.07) is 10.7. The highest BCUT2D eigenvalue weighted by molar-refractivity contribution is 14.1. The number of anilines is 1. The van der Waals surface area contributed by atoms with E-state index in [-0.39, 0.29) is 11.6 Å². The topological polar surface area (TPSA) is 21.3 Å². The highest BCUT2D eigenvalue weighted by Gasteiger charge is 2.08. The van der Waals surface area contributed by atoms with Crippen molar-refractivity contribution in [1.82, 2.24) is 0 Å². The summed E-state index contributed by atoms with van der Waals surface area (Å²) < 4.78 is 19.9. The molecule has 0 amide bonds. The van der Waals surface area contributed by atoms with Crippen molar-refractivity contribution in [2.45, 2.75) is 6.54 Å². The first-order valence-electron chi connectivity index (χ1n) is 5.62. The number of halogens is 3. The molecule has 0 spiro atoms. The number of rotatable bonds is 4. The molecule has 5 heteroatoms. The Kier molecular flexibility index (Phi) is 4.87. The summed E-state index contributed by atoms with van der Waals surface area (Å²) in [4.78, 5) is 0. The molecule has 100 valence electrons. The Morgan fingerprint density at radius 3 is 2.79 bits per heavy atom. The van der Waals surface area contributed by atoms with Crippen molar-refractivity contribution >= 4 is 39.9 Å². The number of nitrogens with one attached hydrogen (secondary N) is 1. The standard InChI is InChI=1S/C14H12ClFINO/c1-19-13-4-2-3-9(14(13)16)8-18-12-6-5-10(17)7-11(12)15/h2-7,18H,8H2,1H3. The molecule has 0 aromatic heterocycles. The summed E-state index contributed by atoms with van der Waals surface area (Å²) in [5.41, 5.74) is 1.32. The van der Waals surface area contributed by atoms with Gasteiger partial charge in [-0.3, -0.25) is 0 Å². The molecule has 0 saturated carbocycles. The molecular weight excluding hydrogens is 380 g/mol. The highest BCUT2D eigenvalue weighted by atomic mass is 127. The Balaban J connectivity index is 2.14. The van der Waals surface area contributed by atoms with E-state index in [1.54, 1.807) is 18.2 Å². The lowest BCUT2D eigenvalue weighted by Gasteiger charge is -2.11. The van der Waals surface area contributed by atoms with Crippen LogP contribution >= 0.6 is 34.2 Å². The first-order valence-corrected chi connectivity index (χ1v) is 7.08. The maximum absolute atomic E-state index is 13.9. The zero-order valence-corrected chi connectivity index (χ0v) is 13.1. The van der Waals surface area contributed by atoms with Crippen LogP contribution in [0.5, 0.6) is 5.75 Å². The van der Waals surface area contributed by atoms with Gasteiger partial charge in [0.05, 0.1) is 17.8 Å². The van der Waals surface area contributed by atoms with Crippen molar-refractivity contribution in [1.29, 1.82) is 0 Å². The van der Waals surface area contributed by atoms with Gasteiger partial charge in [0.15, 0.2) is 11.6 Å². The van der Waals surface area contributed by atoms with Crippen molar-refractivity contribution in [2.24, 2.45) is 0 Å². The van der Waals surface area contributed by atoms with Crippen LogP contribution in [0.3, 0.4) is 0 Å². The molecule has 2 aromatic rings. The molecular formula is C14H12ClFINO. The van der Waals surface area contributed by atoms with E-state index in [1.807, 2.05) is 18.2 Å². The Morgan fingerprint density at radius 1 is 1.32 bits per heavy atom. The first-order chi connectivity index (χ1) is 9.11. The Labute approximate surface area is 130 Å². The molecule has 0 atom stereocenters. The molecule has 0 unspecified atom stereocenters. The van der Waals surface area contributed by atoms with Gasteiger partial charge in [-0.05, 0) is 46.9 Å². The summed E-state index contributed by atoms with van der Waals surface area (Å²) in [6.45, 7) is 0.351. The lowest BCUT2D eigenvalue weighted by Crippen LogP contribution is -2.03. The fourth-order valence-corrected chi connectivity index (χ4v) is 2.60. The second-order valence-corrected chi connectivity index (χ2v) is 5.56. The fraction of sp³-hybridized carbons (Fsp3) is 0.143. The third-order valence-electron chi connectivity index (χ3n) is 2.66. The molecule has 0 heterocycles. The minimum Gasteiger partial charge on any atom is -0.494 e. The molecule has 2 nitrogen and oxygen atoms in total. The van der Waals surface area contributed by atoms with Crippen molar-refractivity contribution < 1.29 is 9.13 Å². The van der Waals surface area contributed by atoms with Crippen molar-refractivity contribution in [2.75, 3.05) is 12.4 Å². The third kappa shape index (κ3) is 3.51. The average Bonchev–Trinajstić information content (AvgIpc) is 2.39. The van der Waals surface area contributed by atoms with Crippen LogP contribution in [0.15, 0.2) is 36.4 Å². The van der Waals surface area contributed by atoms with Crippen LogP contribution in [0.1, 0.15) is 5.56 Å². The number of benzene rings is 2. The number of ether oxygens (including phenoxy) is 1. The molecule has 0 saturated heterocycles. The maximum Gasteiger partial charge on any atom is 0.170 e. The Hall–Kier alpha value is -1.01. The summed E-state index contributed by atoms with van der Waals surface area (Å²) in [7, 11) is 1.45. The predicted octanol–water partition coefficient (Wildman–Crippen LogP) is 4.70. The van der Waals surface area contributed by atoms with E-state index in [0.29, 0.717) is 17.1 Å². The third-order valence-corrected chi connectivity index (χ3v) is 3.65. The Morgan fingerprint density at radius 2 is 2.11 bits per heavy atom. The lowest BCUT2D eigenvalue weighted by molar-refractivity contribution is 0.384. The zero-order chi connectivity index (χ0) is 13.8. The van der Waals surface area contributed by atoms with E-state index >= 15 is 0 Å². The average molecular weight is 392 g/mol. The normalized spacial score (nSPS) is 10.3. The molecule has 0 aliphatic rings. The van der Waals surface area contributed by atoms with Gasteiger partial charge >= 0.3 is 0 Å². The van der Waals surface area contributed by atoms with Gasteiger partial charge in [-0.1, -0.05) is 23.7 Å². The zero-order valence-electron chi connectivity index (χ0n) is 10.2. The van der Waals surface area contributed by atoms with Gasteiger partial charge in [-0.25, -0.2) is 4.39 Å². The fourth-order valence-electron chi connectivity index (χ4n) is 1.67. The van der Waals surface area contributed by atoms with Crippen molar-refractivity contribution in [3.05, 3.63) is 56.4 Å². The van der Waals surface area contributed by atoms with E-state index in [0.717, 1.165) is 9.26 Å². The van der Waals surface area contributed by atoms with Gasteiger partial charge in [0, 0.05) is 15.7 Å². The molecule has 0 aliphatic carbocycles. The lowest BCUT2D eigenvalue weighted by atomic mass is 10.2. The minimum atomic E-state index is -0.348. The van der Waals surface area contributed by atoms with E-state index in [4.69, 9.17) is 16.3 Å². The van der Waals surface area contributed by atoms with Crippen molar-refractivity contribution in [3.8, 4) is 5.75 Å². The monoisotopic (exact) mass is 391 g/mol. The van der Waals surface area contributed by atoms with Crippen LogP contribution in [-0.2, 0) is 6.54 Å². The second kappa shape index (κ2) is 6.43. The van der Waals surface area contributed by atoms with Crippen LogP contribution in [0.25, 0.3) is 0 Å². The van der Waals surface area contributed by atoms with Crippen molar-refractivity contribution in [3.63, 3.8) is 0 Å². The second-order valence-electron chi connectivity index (χ2n) is 3.91. The SMILES string of the molecule is COc1cccc(CNc2ccc(I)cc2Cl)c1F. The van der Waals surface area contributed by atoms with Gasteiger partial charge in [0.2, 0.25) is 0 Å². The van der Waals surface area contributed by atoms with E-state index in [9.17, 15) is 4.39 Å². The molecule has 0 bridgehead atoms. The maximum atomic E-state index is 13.9. The number of methoxy groups -OCH3 is 1. The summed E-state index contributed by atoms with van der Waals surface area (Å²) >= 11 is 8.30. The Bertz CT molecular complexity index is 592. The molecule has 1 N–H and O–H groups in total. The van der Waals surface area contributed by atoms with Crippen LogP contribution in [0, 0.1) is 9.39 Å². The first kappa shape index (κ1) is 14.4. The summed E-state index contributed by atoms with van der Waals surface area (Å²) in [5.74, 6) is -0.104. The van der Waals surface area contributed by atoms with Gasteiger partial charge < -0.3 is 10.1 Å². The summed E-state index contributed by atoms with van der Waals surface area (Å²) in [6.07, 6.45) is 0. The van der Waals surface area contributed by atoms with Gasteiger partial charge in [0.25, 0.3) is 0 Å². The minimum absolute atomic E-state index is 0.244. The molecule has 0 aliphatic heterocycles. The molecule has 2 rings (SSSR count). The quantitative estimate of drug-likeness (QED) is 0.763. The summed E-state index contributed by atoms with van der Waals surface area (Å²) in [5, 5.41) is 3.74. The van der Waals surface area contributed by atoms with Crippen LogP contribution < -0.4 is 10.1 Å². The van der Waals surface area contributed by atoms with Gasteiger partial charge in [-0.15, -0.1) is 0 Å². The van der Waals surface area contributed by atoms with E-state index < -0.39 is 0 Å².